The van der Waals surface area contributed by atoms with E-state index >= 15 is 0 Å². The molecule has 0 aliphatic heterocycles. The first-order valence-electron chi connectivity index (χ1n) is 9.26. The van der Waals surface area contributed by atoms with E-state index in [1.807, 2.05) is 56.5 Å². The molecule has 0 amide bonds. The minimum atomic E-state index is -0.0245. The zero-order chi connectivity index (χ0) is 20.3. The predicted molar refractivity (Wildman–Crippen MR) is 113 cm³/mol. The first kappa shape index (κ1) is 20.3. The maximum atomic E-state index is 12.7. The molecule has 28 heavy (non-hydrogen) atoms. The first-order chi connectivity index (χ1) is 13.4. The van der Waals surface area contributed by atoms with E-state index in [0.29, 0.717) is 17.9 Å². The Morgan fingerprint density at radius 3 is 2.54 bits per heavy atom. The first-order valence-corrected chi connectivity index (χ1v) is 10.1. The van der Waals surface area contributed by atoms with E-state index in [-0.39, 0.29) is 18.4 Å². The highest BCUT2D eigenvalue weighted by Crippen LogP contribution is 2.26. The zero-order valence-corrected chi connectivity index (χ0v) is 17.8. The minimum Gasteiger partial charge on any atom is -0.485 e. The van der Waals surface area contributed by atoms with Crippen molar-refractivity contribution in [3.05, 3.63) is 58.4 Å². The van der Waals surface area contributed by atoms with Crippen molar-refractivity contribution in [1.82, 2.24) is 9.55 Å². The van der Waals surface area contributed by atoms with Gasteiger partial charge in [-0.15, -0.1) is 11.3 Å². The second kappa shape index (κ2) is 8.71. The van der Waals surface area contributed by atoms with Crippen LogP contribution < -0.4 is 4.74 Å². The van der Waals surface area contributed by atoms with Crippen LogP contribution in [0.1, 0.15) is 40.4 Å². The maximum absolute atomic E-state index is 12.7. The largest absolute Gasteiger partial charge is 0.485 e. The molecule has 0 fully saturated rings. The summed E-state index contributed by atoms with van der Waals surface area (Å²) in [7, 11) is 1.69. The van der Waals surface area contributed by atoms with E-state index < -0.39 is 0 Å². The van der Waals surface area contributed by atoms with Crippen LogP contribution in [0.5, 0.6) is 5.75 Å². The molecule has 0 aliphatic rings. The standard InChI is InChI=1S/C22H26N2O3S/c1-14-13-28-22(23-14)18-6-8-19(9-7-18)27-12-21(25)20-10-15(2)24(17(20)4)16(3)11-26-5/h6-10,13,16H,11-12H2,1-5H3/t16-/m0/s1. The number of Topliss-reactive ketones (excluding diaryl/α,β-unsaturated/α-hetero) is 1. The van der Waals surface area contributed by atoms with Crippen molar-refractivity contribution in [2.24, 2.45) is 0 Å². The number of aromatic nitrogens is 2. The molecule has 148 valence electrons. The van der Waals surface area contributed by atoms with Crippen molar-refractivity contribution in [3.63, 3.8) is 0 Å². The third-order valence-electron chi connectivity index (χ3n) is 4.72. The molecule has 0 bridgehead atoms. The Balaban J connectivity index is 1.66. The lowest BCUT2D eigenvalue weighted by Crippen LogP contribution is -2.16. The monoisotopic (exact) mass is 398 g/mol. The molecule has 3 rings (SSSR count). The van der Waals surface area contributed by atoms with Crippen LogP contribution in [0, 0.1) is 20.8 Å². The molecule has 0 N–H and O–H groups in total. The quantitative estimate of drug-likeness (QED) is 0.501. The number of aryl methyl sites for hydroxylation is 2. The molecule has 0 saturated heterocycles. The summed E-state index contributed by atoms with van der Waals surface area (Å²) in [6, 6.07) is 9.80. The van der Waals surface area contributed by atoms with Crippen LogP contribution in [0.2, 0.25) is 0 Å². The lowest BCUT2D eigenvalue weighted by Gasteiger charge is -2.17. The molecule has 2 aromatic heterocycles. The van der Waals surface area contributed by atoms with E-state index in [2.05, 4.69) is 16.5 Å². The van der Waals surface area contributed by atoms with Gasteiger partial charge in [-0.05, 0) is 58.0 Å². The Hall–Kier alpha value is -2.44. The Kier molecular flexibility index (Phi) is 6.31. The summed E-state index contributed by atoms with van der Waals surface area (Å²) >= 11 is 1.62. The van der Waals surface area contributed by atoms with Crippen molar-refractivity contribution in [2.75, 3.05) is 20.3 Å². The van der Waals surface area contributed by atoms with Crippen molar-refractivity contribution in [2.45, 2.75) is 33.7 Å². The van der Waals surface area contributed by atoms with Crippen molar-refractivity contribution in [1.29, 1.82) is 0 Å². The van der Waals surface area contributed by atoms with Gasteiger partial charge < -0.3 is 14.0 Å². The van der Waals surface area contributed by atoms with Crippen molar-refractivity contribution >= 4 is 17.1 Å². The van der Waals surface area contributed by atoms with Gasteiger partial charge in [-0.3, -0.25) is 4.79 Å². The van der Waals surface area contributed by atoms with Gasteiger partial charge >= 0.3 is 0 Å². The summed E-state index contributed by atoms with van der Waals surface area (Å²) in [4.78, 5) is 17.2. The van der Waals surface area contributed by atoms with Gasteiger partial charge in [0.2, 0.25) is 5.78 Å². The number of ether oxygens (including phenoxy) is 2. The summed E-state index contributed by atoms with van der Waals surface area (Å²) in [5, 5.41) is 3.01. The van der Waals surface area contributed by atoms with Gasteiger partial charge in [0.1, 0.15) is 10.8 Å². The summed E-state index contributed by atoms with van der Waals surface area (Å²) in [5.41, 5.74) is 4.77. The van der Waals surface area contributed by atoms with Gasteiger partial charge in [0.25, 0.3) is 0 Å². The molecule has 6 heteroatoms. The Bertz CT molecular complexity index is 957. The van der Waals surface area contributed by atoms with E-state index in [0.717, 1.165) is 27.7 Å². The molecule has 1 aromatic carbocycles. The van der Waals surface area contributed by atoms with Crippen molar-refractivity contribution in [3.8, 4) is 16.3 Å². The molecule has 0 unspecified atom stereocenters. The molecule has 5 nitrogen and oxygen atoms in total. The van der Waals surface area contributed by atoms with Crippen LogP contribution in [0.3, 0.4) is 0 Å². The molecule has 0 spiro atoms. The number of hydrogen-bond acceptors (Lipinski definition) is 5. The Labute approximate surface area is 169 Å². The molecule has 2 heterocycles. The fourth-order valence-electron chi connectivity index (χ4n) is 3.46. The molecular weight excluding hydrogens is 372 g/mol. The summed E-state index contributed by atoms with van der Waals surface area (Å²) in [6.07, 6.45) is 0. The molecular formula is C22H26N2O3S. The zero-order valence-electron chi connectivity index (χ0n) is 17.0. The van der Waals surface area contributed by atoms with E-state index in [4.69, 9.17) is 9.47 Å². The van der Waals surface area contributed by atoms with Gasteiger partial charge in [-0.1, -0.05) is 0 Å². The maximum Gasteiger partial charge on any atom is 0.202 e. The summed E-state index contributed by atoms with van der Waals surface area (Å²) < 4.78 is 13.1. The Morgan fingerprint density at radius 2 is 1.93 bits per heavy atom. The lowest BCUT2D eigenvalue weighted by molar-refractivity contribution is 0.0920. The van der Waals surface area contributed by atoms with Crippen LogP contribution in [-0.2, 0) is 4.74 Å². The van der Waals surface area contributed by atoms with Crippen LogP contribution in [-0.4, -0.2) is 35.7 Å². The smallest absolute Gasteiger partial charge is 0.202 e. The summed E-state index contributed by atoms with van der Waals surface area (Å²) in [5.74, 6) is 0.649. The number of hydrogen-bond donors (Lipinski definition) is 0. The van der Waals surface area contributed by atoms with Crippen LogP contribution in [0.25, 0.3) is 10.6 Å². The number of thiazole rings is 1. The summed E-state index contributed by atoms with van der Waals surface area (Å²) in [6.45, 7) is 8.66. The predicted octanol–water partition coefficient (Wildman–Crippen LogP) is 5.01. The normalized spacial score (nSPS) is 12.2. The van der Waals surface area contributed by atoms with E-state index in [1.165, 1.54) is 0 Å². The molecule has 1 atom stereocenters. The third kappa shape index (κ3) is 4.34. The second-order valence-corrected chi connectivity index (χ2v) is 7.85. The van der Waals surface area contributed by atoms with Crippen molar-refractivity contribution < 1.29 is 14.3 Å². The number of benzene rings is 1. The van der Waals surface area contributed by atoms with Crippen LogP contribution in [0.4, 0.5) is 0 Å². The number of rotatable bonds is 8. The number of ketones is 1. The van der Waals surface area contributed by atoms with E-state index in [9.17, 15) is 4.79 Å². The van der Waals surface area contributed by atoms with Crippen LogP contribution >= 0.6 is 11.3 Å². The van der Waals surface area contributed by atoms with E-state index in [1.54, 1.807) is 18.4 Å². The highest BCUT2D eigenvalue weighted by Gasteiger charge is 2.19. The molecule has 0 saturated carbocycles. The van der Waals surface area contributed by atoms with Gasteiger partial charge in [0, 0.05) is 40.7 Å². The number of carbonyl (C=O) groups excluding carboxylic acids is 1. The number of nitrogens with zero attached hydrogens (tertiary/aromatic N) is 2. The van der Waals surface area contributed by atoms with Crippen LogP contribution in [0.15, 0.2) is 35.7 Å². The molecule has 0 radical (unpaired) electrons. The second-order valence-electron chi connectivity index (χ2n) is 6.99. The SMILES string of the molecule is COC[C@H](C)n1c(C)cc(C(=O)COc2ccc(-c3nc(C)cs3)cc2)c1C. The average Bonchev–Trinajstić information content (AvgIpc) is 3.23. The molecule has 3 aromatic rings. The van der Waals surface area contributed by atoms with Gasteiger partial charge in [0.15, 0.2) is 6.61 Å². The topological polar surface area (TPSA) is 53.4 Å². The van der Waals surface area contributed by atoms with Gasteiger partial charge in [-0.2, -0.15) is 0 Å². The number of carbonyl (C=O) groups is 1. The minimum absolute atomic E-state index is 0.0126. The highest BCUT2D eigenvalue weighted by molar-refractivity contribution is 7.13. The average molecular weight is 399 g/mol. The number of methoxy groups -OCH3 is 1. The third-order valence-corrected chi connectivity index (χ3v) is 5.73. The molecule has 0 aliphatic carbocycles. The fourth-order valence-corrected chi connectivity index (χ4v) is 4.26. The van der Waals surface area contributed by atoms with Gasteiger partial charge in [-0.25, -0.2) is 4.98 Å². The van der Waals surface area contributed by atoms with Gasteiger partial charge in [0.05, 0.1) is 12.6 Å². The Morgan fingerprint density at radius 1 is 1.21 bits per heavy atom. The lowest BCUT2D eigenvalue weighted by atomic mass is 10.1. The fraction of sp³-hybridized carbons (Fsp3) is 0.364. The highest BCUT2D eigenvalue weighted by atomic mass is 32.1.